The Bertz CT molecular complexity index is 284. The van der Waals surface area contributed by atoms with Crippen LogP contribution in [0.3, 0.4) is 0 Å². The third kappa shape index (κ3) is 4.43. The molecule has 84 valence electrons. The molecule has 0 fully saturated rings. The van der Waals surface area contributed by atoms with Crippen LogP contribution in [0, 0.1) is 6.92 Å². The Morgan fingerprint density at radius 1 is 1.27 bits per heavy atom. The Labute approximate surface area is 92.9 Å². The third-order valence-corrected chi connectivity index (χ3v) is 2.69. The van der Waals surface area contributed by atoms with Crippen molar-refractivity contribution in [2.75, 3.05) is 0 Å². The fourth-order valence-corrected chi connectivity index (χ4v) is 1.74. The van der Waals surface area contributed by atoms with Gasteiger partial charge in [0.2, 0.25) is 0 Å². The van der Waals surface area contributed by atoms with Crippen LogP contribution in [0.5, 0.6) is 0 Å². The van der Waals surface area contributed by atoms with Crippen molar-refractivity contribution in [3.63, 3.8) is 0 Å². The van der Waals surface area contributed by atoms with Gasteiger partial charge in [0, 0.05) is 18.4 Å². The summed E-state index contributed by atoms with van der Waals surface area (Å²) in [7, 11) is 0. The molecule has 0 aliphatic carbocycles. The summed E-state index contributed by atoms with van der Waals surface area (Å²) in [6, 6.07) is 2.30. The molecule has 1 atom stereocenters. The standard InChI is InChI=1S/C13H22N2/c1-3-4-5-6-7-13(14)12-8-11(2)9-15-10-12/h8-10,13H,3-7,14H2,1-2H3. The zero-order valence-corrected chi connectivity index (χ0v) is 9.87. The lowest BCUT2D eigenvalue weighted by atomic mass is 10.0. The maximum Gasteiger partial charge on any atom is 0.0315 e. The number of aryl methyl sites for hydroxylation is 1. The maximum absolute atomic E-state index is 6.11. The van der Waals surface area contributed by atoms with Gasteiger partial charge < -0.3 is 5.73 Å². The van der Waals surface area contributed by atoms with Gasteiger partial charge in [-0.1, -0.05) is 38.7 Å². The normalized spacial score (nSPS) is 12.7. The molecule has 1 rings (SSSR count). The molecule has 0 bridgehead atoms. The van der Waals surface area contributed by atoms with Gasteiger partial charge in [-0.2, -0.15) is 0 Å². The fourth-order valence-electron chi connectivity index (χ4n) is 1.74. The van der Waals surface area contributed by atoms with Gasteiger partial charge in [-0.3, -0.25) is 4.98 Å². The lowest BCUT2D eigenvalue weighted by Crippen LogP contribution is -2.10. The van der Waals surface area contributed by atoms with Crippen LogP contribution in [-0.4, -0.2) is 4.98 Å². The average Bonchev–Trinajstić information content (AvgIpc) is 2.24. The summed E-state index contributed by atoms with van der Waals surface area (Å²) >= 11 is 0. The minimum absolute atomic E-state index is 0.161. The molecule has 0 aromatic carbocycles. The number of pyridine rings is 1. The SMILES string of the molecule is CCCCCCC(N)c1cncc(C)c1. The first kappa shape index (κ1) is 12.2. The van der Waals surface area contributed by atoms with E-state index in [1.165, 1.54) is 36.8 Å². The van der Waals surface area contributed by atoms with E-state index in [1.54, 1.807) is 0 Å². The number of unbranched alkanes of at least 4 members (excludes halogenated alkanes) is 3. The second kappa shape index (κ2) is 6.57. The van der Waals surface area contributed by atoms with E-state index in [4.69, 9.17) is 5.73 Å². The zero-order chi connectivity index (χ0) is 11.1. The van der Waals surface area contributed by atoms with E-state index in [1.807, 2.05) is 12.4 Å². The molecule has 2 heteroatoms. The molecule has 2 N–H and O–H groups in total. The number of aromatic nitrogens is 1. The summed E-state index contributed by atoms with van der Waals surface area (Å²) in [5.74, 6) is 0. The van der Waals surface area contributed by atoms with Gasteiger partial charge in [-0.05, 0) is 24.5 Å². The molecule has 0 amide bonds. The average molecular weight is 206 g/mol. The second-order valence-corrected chi connectivity index (χ2v) is 4.25. The van der Waals surface area contributed by atoms with E-state index in [0.717, 1.165) is 6.42 Å². The second-order valence-electron chi connectivity index (χ2n) is 4.25. The van der Waals surface area contributed by atoms with Gasteiger partial charge in [0.05, 0.1) is 0 Å². The summed E-state index contributed by atoms with van der Waals surface area (Å²) in [5.41, 5.74) is 8.47. The molecule has 1 aromatic heterocycles. The number of nitrogens with two attached hydrogens (primary N) is 1. The van der Waals surface area contributed by atoms with Crippen LogP contribution in [0.1, 0.15) is 56.2 Å². The summed E-state index contributed by atoms with van der Waals surface area (Å²) in [6.07, 6.45) is 9.95. The van der Waals surface area contributed by atoms with E-state index in [2.05, 4.69) is 24.9 Å². The first-order valence-electron chi connectivity index (χ1n) is 5.91. The highest BCUT2D eigenvalue weighted by atomic mass is 14.7. The van der Waals surface area contributed by atoms with Gasteiger partial charge in [-0.15, -0.1) is 0 Å². The fraction of sp³-hybridized carbons (Fsp3) is 0.615. The van der Waals surface area contributed by atoms with E-state index < -0.39 is 0 Å². The summed E-state index contributed by atoms with van der Waals surface area (Å²) in [4.78, 5) is 4.17. The molecule has 0 saturated carbocycles. The molecular formula is C13H22N2. The molecule has 0 spiro atoms. The van der Waals surface area contributed by atoms with Gasteiger partial charge in [0.25, 0.3) is 0 Å². The molecule has 1 heterocycles. The topological polar surface area (TPSA) is 38.9 Å². The Hall–Kier alpha value is -0.890. The zero-order valence-electron chi connectivity index (χ0n) is 9.87. The number of hydrogen-bond donors (Lipinski definition) is 1. The van der Waals surface area contributed by atoms with Crippen molar-refractivity contribution in [1.29, 1.82) is 0 Å². The minimum Gasteiger partial charge on any atom is -0.324 e. The highest BCUT2D eigenvalue weighted by Crippen LogP contribution is 2.17. The largest absolute Gasteiger partial charge is 0.324 e. The maximum atomic E-state index is 6.11. The van der Waals surface area contributed by atoms with Crippen molar-refractivity contribution in [3.8, 4) is 0 Å². The number of nitrogens with zero attached hydrogens (tertiary/aromatic N) is 1. The van der Waals surface area contributed by atoms with Crippen LogP contribution in [-0.2, 0) is 0 Å². The van der Waals surface area contributed by atoms with Gasteiger partial charge in [-0.25, -0.2) is 0 Å². The smallest absolute Gasteiger partial charge is 0.0315 e. The lowest BCUT2D eigenvalue weighted by Gasteiger charge is -2.11. The molecule has 0 aliphatic heterocycles. The Morgan fingerprint density at radius 2 is 2.07 bits per heavy atom. The van der Waals surface area contributed by atoms with E-state index in [-0.39, 0.29) is 6.04 Å². The molecular weight excluding hydrogens is 184 g/mol. The molecule has 0 aliphatic rings. The van der Waals surface area contributed by atoms with Crippen LogP contribution in [0.4, 0.5) is 0 Å². The lowest BCUT2D eigenvalue weighted by molar-refractivity contribution is 0.565. The Balaban J connectivity index is 2.36. The molecule has 1 unspecified atom stereocenters. The monoisotopic (exact) mass is 206 g/mol. The van der Waals surface area contributed by atoms with Gasteiger partial charge >= 0.3 is 0 Å². The Kier molecular flexibility index (Phi) is 5.33. The van der Waals surface area contributed by atoms with E-state index in [9.17, 15) is 0 Å². The van der Waals surface area contributed by atoms with Crippen molar-refractivity contribution in [1.82, 2.24) is 4.98 Å². The summed E-state index contributed by atoms with van der Waals surface area (Å²) in [5, 5.41) is 0. The van der Waals surface area contributed by atoms with Gasteiger partial charge in [0.15, 0.2) is 0 Å². The molecule has 0 radical (unpaired) electrons. The van der Waals surface area contributed by atoms with Crippen LogP contribution < -0.4 is 5.73 Å². The van der Waals surface area contributed by atoms with Crippen molar-refractivity contribution in [3.05, 3.63) is 29.6 Å². The number of hydrogen-bond acceptors (Lipinski definition) is 2. The van der Waals surface area contributed by atoms with Gasteiger partial charge in [0.1, 0.15) is 0 Å². The molecule has 2 nitrogen and oxygen atoms in total. The first-order chi connectivity index (χ1) is 7.24. The predicted octanol–water partition coefficient (Wildman–Crippen LogP) is 3.36. The van der Waals surface area contributed by atoms with Crippen molar-refractivity contribution in [2.24, 2.45) is 5.73 Å². The third-order valence-electron chi connectivity index (χ3n) is 2.69. The van der Waals surface area contributed by atoms with E-state index in [0.29, 0.717) is 0 Å². The van der Waals surface area contributed by atoms with Crippen LogP contribution in [0.15, 0.2) is 18.5 Å². The Morgan fingerprint density at radius 3 is 2.73 bits per heavy atom. The summed E-state index contributed by atoms with van der Waals surface area (Å²) in [6.45, 7) is 4.28. The quantitative estimate of drug-likeness (QED) is 0.725. The minimum atomic E-state index is 0.161. The van der Waals surface area contributed by atoms with Crippen LogP contribution in [0.2, 0.25) is 0 Å². The van der Waals surface area contributed by atoms with Crippen LogP contribution >= 0.6 is 0 Å². The molecule has 0 saturated heterocycles. The van der Waals surface area contributed by atoms with Crippen molar-refractivity contribution >= 4 is 0 Å². The van der Waals surface area contributed by atoms with Crippen molar-refractivity contribution < 1.29 is 0 Å². The summed E-state index contributed by atoms with van der Waals surface area (Å²) < 4.78 is 0. The molecule has 1 aromatic rings. The highest BCUT2D eigenvalue weighted by Gasteiger charge is 2.05. The first-order valence-corrected chi connectivity index (χ1v) is 5.91. The van der Waals surface area contributed by atoms with Crippen molar-refractivity contribution in [2.45, 2.75) is 52.0 Å². The predicted molar refractivity (Wildman–Crippen MR) is 64.7 cm³/mol. The number of rotatable bonds is 6. The van der Waals surface area contributed by atoms with E-state index >= 15 is 0 Å². The van der Waals surface area contributed by atoms with Crippen LogP contribution in [0.25, 0.3) is 0 Å². The highest BCUT2D eigenvalue weighted by molar-refractivity contribution is 5.19. The molecule has 15 heavy (non-hydrogen) atoms.